The number of aliphatic hydroxyl groups excluding tert-OH is 1. The van der Waals surface area contributed by atoms with Crippen molar-refractivity contribution < 1.29 is 120 Å². The fraction of sp³-hybridized carbons (Fsp3) is 0.471. The van der Waals surface area contributed by atoms with Crippen molar-refractivity contribution in [1.82, 2.24) is 34.1 Å². The Bertz CT molecular complexity index is 5280. The zero-order valence-corrected chi connectivity index (χ0v) is 87.8. The Balaban J connectivity index is 0.000000291. The highest BCUT2D eigenvalue weighted by Crippen LogP contribution is 2.50. The van der Waals surface area contributed by atoms with Crippen molar-refractivity contribution in [1.29, 1.82) is 0 Å². The first kappa shape index (κ1) is 116. The fourth-order valence-electron chi connectivity index (χ4n) is 12.1. The predicted molar refractivity (Wildman–Crippen MR) is 507 cm³/mol. The molecule has 9 aromatic rings. The Morgan fingerprint density at radius 2 is 0.924 bits per heavy atom. The summed E-state index contributed by atoms with van der Waals surface area (Å²) in [5.74, 6) is -16.8. The van der Waals surface area contributed by atoms with Crippen LogP contribution in [0, 0.1) is 3.57 Å². The maximum atomic E-state index is 15.8. The van der Waals surface area contributed by atoms with E-state index < -0.39 is 143 Å². The van der Waals surface area contributed by atoms with Gasteiger partial charge in [-0.2, -0.15) is 44.7 Å². The minimum absolute atomic E-state index is 0. The summed E-state index contributed by atoms with van der Waals surface area (Å²) in [6.07, 6.45) is 0.0126. The number of hydrogen-bond acceptors (Lipinski definition) is 20. The van der Waals surface area contributed by atoms with Crippen molar-refractivity contribution in [2.24, 2.45) is 0 Å². The van der Waals surface area contributed by atoms with E-state index in [0.717, 1.165) is 11.1 Å². The van der Waals surface area contributed by atoms with Crippen LogP contribution in [0.2, 0.25) is 51.6 Å². The molecule has 0 aliphatic carbocycles. The van der Waals surface area contributed by atoms with Crippen molar-refractivity contribution in [3.8, 4) is 0 Å². The van der Waals surface area contributed by atoms with Gasteiger partial charge in [-0.3, -0.25) is 14.4 Å². The molecule has 8 heterocycles. The molecule has 4 aromatic heterocycles. The van der Waals surface area contributed by atoms with Gasteiger partial charge in [-0.15, -0.1) is 0 Å². The number of hydroxylamine groups is 2. The zero-order chi connectivity index (χ0) is 98.2. The molecule has 0 bridgehead atoms. The van der Waals surface area contributed by atoms with Crippen molar-refractivity contribution in [2.45, 2.75) is 222 Å². The van der Waals surface area contributed by atoms with Gasteiger partial charge in [0, 0.05) is 96.1 Å². The highest BCUT2D eigenvalue weighted by atomic mass is 127. The van der Waals surface area contributed by atoms with Crippen LogP contribution in [0.5, 0.6) is 0 Å². The monoisotopic (exact) mass is 2370 g/mol. The molecule has 5 aromatic carbocycles. The van der Waals surface area contributed by atoms with Crippen molar-refractivity contribution in [3.05, 3.63) is 217 Å². The number of esters is 1. The average molecular weight is 2380 g/mol. The summed E-state index contributed by atoms with van der Waals surface area (Å²) in [7, 11) is -1.74. The quantitative estimate of drug-likeness (QED) is 0.0109. The molecule has 44 heteroatoms. The van der Waals surface area contributed by atoms with Crippen LogP contribution in [0.3, 0.4) is 0 Å². The Labute approximate surface area is 826 Å². The molecule has 1 amide bonds. The summed E-state index contributed by atoms with van der Waals surface area (Å²) in [4.78, 5) is 71.0. The second kappa shape index (κ2) is 48.3. The van der Waals surface area contributed by atoms with Gasteiger partial charge in [0.2, 0.25) is 0 Å². The lowest BCUT2D eigenvalue weighted by atomic mass is 9.94. The van der Waals surface area contributed by atoms with E-state index in [1.165, 1.54) is 91.2 Å². The lowest BCUT2D eigenvalue weighted by molar-refractivity contribution is -0.211. The number of benzene rings is 5. The smallest absolute Gasteiger partial charge is 0.395 e. The standard InChI is InChI=1S/C28H33Cl2F2N3O5Si.C16H19ClN4O5.C14H21BrF2OSi.C9H9BrF2.C8H7BrF2O.C6H4BrI.C4H5BrF2O2.CO2.CH4/c1-26(2,3)41(6,7)37-13-28(31,32)18-12-15(29)8-9-16(18)19(36)20-21-22(40-27(4,5)39-21)25(38-20)35-11-10-17-23(30)33-14-34-24(17)35;1-16(2)25-9-10(14(22)20(3)23-4)24-15(11(9)26-16)21-6-5-8-12(17)18-7-19-13(8)21;1-13(2,3)19(4,5)18-10-14(16,17)11-8-6-7-9-12(11)15;1-2-9(11,12)7-5-3-4-6-8(7)10;9-7-4-2-1-3-6(7)8(10,11)5-12;7-5-3-1-2-4-6(5)8;1-2-9-3(8)4(5,6)7;2-1-3;/h8-12,14,20-22,25H,13H2,1-7H3;5-7,9-11,15H,1-4H3;6-9H,10H2,1-5H3;3-6H,2H2,1H3;1-4,12H,5H2;1-4H;2H2,1H3;;1H4/t20-,21-,22-,25-;9-,10+,11-,15-;;;;;;;/m11......./s1. The Morgan fingerprint density at radius 3 is 1.27 bits per heavy atom. The summed E-state index contributed by atoms with van der Waals surface area (Å²) in [5, 5.41) is 11.1. The van der Waals surface area contributed by atoms with Crippen LogP contribution in [0.4, 0.5) is 43.9 Å². The summed E-state index contributed by atoms with van der Waals surface area (Å²) in [5.41, 5.74) is 0.167. The van der Waals surface area contributed by atoms with Crippen LogP contribution in [0.1, 0.15) is 142 Å². The van der Waals surface area contributed by atoms with E-state index in [1.54, 1.807) is 104 Å². The number of alkyl halides is 11. The lowest BCUT2D eigenvalue weighted by Crippen LogP contribution is -2.43. The number of Topliss-reactive ketones (excluding diaryl/α,β-unsaturated/α-hetero) is 1. The van der Waals surface area contributed by atoms with Gasteiger partial charge in [0.15, 0.2) is 58.7 Å². The lowest BCUT2D eigenvalue weighted by Gasteiger charge is -2.37. The number of hydrogen-bond donors (Lipinski definition) is 1. The van der Waals surface area contributed by atoms with E-state index in [1.807, 2.05) is 102 Å². The highest BCUT2D eigenvalue weighted by molar-refractivity contribution is 14.1. The van der Waals surface area contributed by atoms with Crippen LogP contribution < -0.4 is 0 Å². The summed E-state index contributed by atoms with van der Waals surface area (Å²) in [6.45, 7) is 27.1. The third-order valence-electron chi connectivity index (χ3n) is 20.9. The first-order valence-corrected chi connectivity index (χ1v) is 51.5. The second-order valence-corrected chi connectivity index (χ2v) is 49.3. The van der Waals surface area contributed by atoms with E-state index >= 15 is 8.78 Å². The van der Waals surface area contributed by atoms with Crippen LogP contribution >= 0.6 is 137 Å². The van der Waals surface area contributed by atoms with E-state index in [9.17, 15) is 49.5 Å². The number of ether oxygens (including phenoxy) is 7. The molecule has 0 unspecified atom stereocenters. The molecule has 131 heavy (non-hydrogen) atoms. The second-order valence-electron chi connectivity index (χ2n) is 32.9. The minimum Gasteiger partial charge on any atom is -0.461 e. The summed E-state index contributed by atoms with van der Waals surface area (Å²) in [6, 6.07) is 34.2. The van der Waals surface area contributed by atoms with Crippen LogP contribution in [-0.2, 0) is 89.7 Å². The predicted octanol–water partition coefficient (Wildman–Crippen LogP) is 25.4. The van der Waals surface area contributed by atoms with Crippen molar-refractivity contribution in [2.75, 3.05) is 40.6 Å². The Hall–Kier alpha value is -5.34. The SMILES string of the molecule is Brc1ccccc1I.C.CC(C)(C)[Si](C)(C)OCC(F)(F)c1ccccc1Br.CC1(C)O[C@@H]2[C@H](O1)[C@@H](C(=O)c1ccc(Cl)cc1C(F)(F)CO[Si](C)(C)C(C)(C)C)O[C@H]2n1ccc2c(Cl)ncnc21.CCC(F)(F)c1ccccc1Br.CCOC(=O)C(F)(F)Br.CON(C)C(=O)[C@H]1O[C@@H](n2ccc3c(Cl)ncnc32)[C@@H]2OC(C)(C)O[C@@H]21.O=C=O.OCC(F)(F)c1ccccc1Br. The molecule has 0 saturated carbocycles. The number of amides is 1. The third kappa shape index (κ3) is 30.8. The van der Waals surface area contributed by atoms with E-state index in [0.29, 0.717) is 40.6 Å². The first-order valence-electron chi connectivity index (χ1n) is 39.5. The number of likely N-dealkylation sites (N-methyl/N-ethyl adjacent to an activating group) is 1. The van der Waals surface area contributed by atoms with Crippen LogP contribution in [0.25, 0.3) is 22.1 Å². The van der Waals surface area contributed by atoms with Gasteiger partial charge in [0.05, 0.1) is 24.5 Å². The molecule has 23 nitrogen and oxygen atoms in total. The van der Waals surface area contributed by atoms with Crippen molar-refractivity contribution >= 4 is 200 Å². The van der Waals surface area contributed by atoms with Crippen LogP contribution in [-0.4, -0.2) is 173 Å². The van der Waals surface area contributed by atoms with E-state index in [2.05, 4.69) is 117 Å². The molecule has 13 rings (SSSR count). The zero-order valence-electron chi connectivity index (χ0n) is 73.5. The van der Waals surface area contributed by atoms with Gasteiger partial charge in [0.25, 0.3) is 29.6 Å². The highest BCUT2D eigenvalue weighted by Gasteiger charge is 2.61. The molecular weight excluding hydrogens is 2280 g/mol. The maximum Gasteiger partial charge on any atom is 0.395 e. The molecular formula is C87H102Br5Cl3F10IN7O16Si2. The van der Waals surface area contributed by atoms with Gasteiger partial charge < -0.3 is 56.3 Å². The third-order valence-corrected chi connectivity index (χ3v) is 35.4. The van der Waals surface area contributed by atoms with E-state index in [-0.39, 0.29) is 75.0 Å². The average Bonchev–Trinajstić information content (AvgIpc) is 1.59. The van der Waals surface area contributed by atoms with Gasteiger partial charge in [-0.1, -0.05) is 205 Å². The largest absolute Gasteiger partial charge is 0.461 e. The number of aromatic nitrogens is 6. The minimum atomic E-state index is -3.54. The van der Waals surface area contributed by atoms with Crippen LogP contribution in [0.15, 0.2) is 170 Å². The van der Waals surface area contributed by atoms with E-state index in [4.69, 9.17) is 91.6 Å². The van der Waals surface area contributed by atoms with Gasteiger partial charge in [-0.25, -0.2) is 38.6 Å². The van der Waals surface area contributed by atoms with Gasteiger partial charge >= 0.3 is 17.0 Å². The molecule has 0 radical (unpaired) electrons. The topological polar surface area (TPSA) is 263 Å². The summed E-state index contributed by atoms with van der Waals surface area (Å²) >= 11 is 35.3. The Kier molecular flexibility index (Phi) is 42.8. The first-order chi connectivity index (χ1) is 60.1. The normalized spacial score (nSPS) is 19.2. The molecule has 4 fully saturated rings. The number of fused-ring (bicyclic) bond motifs is 4. The molecule has 8 atom stereocenters. The number of aliphatic hydroxyl groups is 1. The molecule has 1 N–H and O–H groups in total. The van der Waals surface area contributed by atoms with Gasteiger partial charge in [-0.05, 0) is 170 Å². The molecule has 4 aliphatic heterocycles. The molecule has 0 spiro atoms. The van der Waals surface area contributed by atoms with Gasteiger partial charge in [0.1, 0.15) is 78.5 Å². The molecule has 4 saturated heterocycles. The number of carbonyl (C=O) groups excluding carboxylic acids is 5. The Morgan fingerprint density at radius 1 is 0.557 bits per heavy atom. The number of carbonyl (C=O) groups is 3. The molecule has 722 valence electrons. The van der Waals surface area contributed by atoms with Crippen molar-refractivity contribution in [3.63, 3.8) is 0 Å². The number of halogens is 19. The fourth-order valence-corrected chi connectivity index (χ4v) is 17.1. The number of rotatable bonds is 20. The number of ketones is 1. The molecule has 4 aliphatic rings. The number of nitrogens with zero attached hydrogens (tertiary/aromatic N) is 7. The summed E-state index contributed by atoms with van der Waals surface area (Å²) < 4.78 is 195. The maximum absolute atomic E-state index is 15.8.